The number of carbonyl (C=O) groups is 2. The molecule has 7 nitrogen and oxygen atoms in total. The Bertz CT molecular complexity index is 1120. The van der Waals surface area contributed by atoms with Crippen LogP contribution in [0.15, 0.2) is 54.6 Å². The van der Waals surface area contributed by atoms with E-state index in [1.165, 1.54) is 0 Å². The van der Waals surface area contributed by atoms with Crippen LogP contribution in [-0.2, 0) is 11.2 Å². The molecule has 0 aliphatic carbocycles. The molecular weight excluding hydrogens is 438 g/mol. The van der Waals surface area contributed by atoms with Crippen molar-refractivity contribution in [2.45, 2.75) is 39.2 Å². The number of rotatable bonds is 5. The molecule has 33 heavy (non-hydrogen) atoms. The first kappa shape index (κ1) is 22.9. The van der Waals surface area contributed by atoms with Crippen LogP contribution in [0.2, 0.25) is 5.02 Å². The number of aromatic nitrogens is 2. The van der Waals surface area contributed by atoms with E-state index in [1.54, 1.807) is 4.90 Å². The number of hydrogen-bond acceptors (Lipinski definition) is 3. The average Bonchev–Trinajstić information content (AvgIpc) is 3.09. The first-order chi connectivity index (χ1) is 15.9. The highest BCUT2D eigenvalue weighted by Crippen LogP contribution is 2.20. The molecule has 3 aromatic rings. The van der Waals surface area contributed by atoms with Crippen LogP contribution < -0.4 is 10.6 Å². The number of halogens is 1. The number of amides is 3. The highest BCUT2D eigenvalue weighted by Gasteiger charge is 2.25. The van der Waals surface area contributed by atoms with E-state index in [4.69, 9.17) is 11.6 Å². The third kappa shape index (κ3) is 5.54. The monoisotopic (exact) mass is 465 g/mol. The quantitative estimate of drug-likeness (QED) is 0.582. The zero-order chi connectivity index (χ0) is 23.4. The van der Waals surface area contributed by atoms with Gasteiger partial charge in [-0.1, -0.05) is 29.8 Å². The number of aryl methyl sites for hydroxylation is 1. The van der Waals surface area contributed by atoms with Crippen LogP contribution >= 0.6 is 11.6 Å². The standard InChI is InChI=1S/C25H28ClN5O2/c1-17-23(18(2)31(29-17)22-10-8-19(26)9-11-22)16-24(32)27-21-12-14-30(15-13-21)25(33)28-20-6-4-3-5-7-20/h3-11,21H,12-16H2,1-2H3,(H,27,32)(H,28,33). The molecule has 0 radical (unpaired) electrons. The van der Waals surface area contributed by atoms with E-state index in [9.17, 15) is 9.59 Å². The second kappa shape index (κ2) is 10.1. The molecule has 1 aromatic heterocycles. The van der Waals surface area contributed by atoms with E-state index >= 15 is 0 Å². The first-order valence-corrected chi connectivity index (χ1v) is 11.5. The van der Waals surface area contributed by atoms with Gasteiger partial charge < -0.3 is 15.5 Å². The third-order valence-electron chi connectivity index (χ3n) is 6.02. The van der Waals surface area contributed by atoms with Gasteiger partial charge in [0.05, 0.1) is 17.8 Å². The smallest absolute Gasteiger partial charge is 0.321 e. The predicted molar refractivity (Wildman–Crippen MR) is 130 cm³/mol. The number of urea groups is 1. The summed E-state index contributed by atoms with van der Waals surface area (Å²) in [4.78, 5) is 27.0. The second-order valence-corrected chi connectivity index (χ2v) is 8.78. The molecule has 1 fully saturated rings. The number of piperidine rings is 1. The van der Waals surface area contributed by atoms with Crippen LogP contribution in [0.1, 0.15) is 29.8 Å². The van der Waals surface area contributed by atoms with Crippen molar-refractivity contribution in [3.8, 4) is 5.69 Å². The summed E-state index contributed by atoms with van der Waals surface area (Å²) < 4.78 is 1.85. The van der Waals surface area contributed by atoms with E-state index in [0.717, 1.165) is 41.2 Å². The lowest BCUT2D eigenvalue weighted by molar-refractivity contribution is -0.121. The van der Waals surface area contributed by atoms with Crippen LogP contribution in [0.4, 0.5) is 10.5 Å². The van der Waals surface area contributed by atoms with Gasteiger partial charge in [0.1, 0.15) is 0 Å². The molecule has 0 atom stereocenters. The summed E-state index contributed by atoms with van der Waals surface area (Å²) in [5.41, 5.74) is 4.40. The summed E-state index contributed by atoms with van der Waals surface area (Å²) in [5.74, 6) is -0.0240. The number of anilines is 1. The van der Waals surface area contributed by atoms with Crippen molar-refractivity contribution >= 4 is 29.2 Å². The maximum Gasteiger partial charge on any atom is 0.321 e. The summed E-state index contributed by atoms with van der Waals surface area (Å²) in [6.45, 7) is 5.11. The minimum Gasteiger partial charge on any atom is -0.353 e. The molecule has 1 saturated heterocycles. The Kier molecular flexibility index (Phi) is 6.99. The summed E-state index contributed by atoms with van der Waals surface area (Å²) in [7, 11) is 0. The van der Waals surface area contributed by atoms with Crippen molar-refractivity contribution in [3.63, 3.8) is 0 Å². The first-order valence-electron chi connectivity index (χ1n) is 11.1. The summed E-state index contributed by atoms with van der Waals surface area (Å²) in [6, 6.07) is 16.8. The molecule has 1 aliphatic rings. The Morgan fingerprint density at radius 3 is 2.36 bits per heavy atom. The number of nitrogens with zero attached hydrogens (tertiary/aromatic N) is 3. The van der Waals surface area contributed by atoms with Gasteiger partial charge in [-0.25, -0.2) is 9.48 Å². The normalized spacial score (nSPS) is 14.2. The number of nitrogens with one attached hydrogen (secondary N) is 2. The van der Waals surface area contributed by atoms with Gasteiger partial charge in [-0.2, -0.15) is 5.10 Å². The Balaban J connectivity index is 1.30. The minimum absolute atomic E-state index is 0.0240. The minimum atomic E-state index is -0.105. The fourth-order valence-electron chi connectivity index (χ4n) is 4.15. The van der Waals surface area contributed by atoms with Gasteiger partial charge in [-0.3, -0.25) is 4.79 Å². The number of likely N-dealkylation sites (tertiary alicyclic amines) is 1. The zero-order valence-electron chi connectivity index (χ0n) is 18.8. The van der Waals surface area contributed by atoms with Gasteiger partial charge in [0.25, 0.3) is 0 Å². The molecule has 8 heteroatoms. The molecule has 2 heterocycles. The molecule has 4 rings (SSSR count). The van der Waals surface area contributed by atoms with Gasteiger partial charge in [0.2, 0.25) is 5.91 Å². The molecule has 3 amide bonds. The van der Waals surface area contributed by atoms with Crippen LogP contribution in [0.25, 0.3) is 5.69 Å². The summed E-state index contributed by atoms with van der Waals surface area (Å²) >= 11 is 5.99. The van der Waals surface area contributed by atoms with Gasteiger partial charge >= 0.3 is 6.03 Å². The van der Waals surface area contributed by atoms with Crippen molar-refractivity contribution in [1.82, 2.24) is 20.0 Å². The van der Waals surface area contributed by atoms with Crippen molar-refractivity contribution in [2.75, 3.05) is 18.4 Å². The third-order valence-corrected chi connectivity index (χ3v) is 6.27. The van der Waals surface area contributed by atoms with E-state index in [1.807, 2.05) is 73.1 Å². The highest BCUT2D eigenvalue weighted by atomic mass is 35.5. The fourth-order valence-corrected chi connectivity index (χ4v) is 4.28. The van der Waals surface area contributed by atoms with Crippen molar-refractivity contribution in [3.05, 3.63) is 76.6 Å². The molecule has 2 N–H and O–H groups in total. The summed E-state index contributed by atoms with van der Waals surface area (Å²) in [5, 5.41) is 11.3. The molecule has 0 saturated carbocycles. The average molecular weight is 466 g/mol. The van der Waals surface area contributed by atoms with E-state index in [-0.39, 0.29) is 24.4 Å². The number of hydrogen-bond donors (Lipinski definition) is 2. The zero-order valence-corrected chi connectivity index (χ0v) is 19.6. The Morgan fingerprint density at radius 1 is 1.03 bits per heavy atom. The highest BCUT2D eigenvalue weighted by molar-refractivity contribution is 6.30. The van der Waals surface area contributed by atoms with Gasteiger partial charge in [0.15, 0.2) is 0 Å². The van der Waals surface area contributed by atoms with Crippen molar-refractivity contribution < 1.29 is 9.59 Å². The molecule has 2 aromatic carbocycles. The molecule has 0 bridgehead atoms. The second-order valence-electron chi connectivity index (χ2n) is 8.34. The molecule has 0 spiro atoms. The van der Waals surface area contributed by atoms with Crippen molar-refractivity contribution in [2.24, 2.45) is 0 Å². The van der Waals surface area contributed by atoms with Gasteiger partial charge in [0, 0.05) is 41.1 Å². The maximum atomic E-state index is 12.8. The van der Waals surface area contributed by atoms with E-state index in [0.29, 0.717) is 18.1 Å². The lowest BCUT2D eigenvalue weighted by atomic mass is 10.0. The fraction of sp³-hybridized carbons (Fsp3) is 0.320. The van der Waals surface area contributed by atoms with Crippen LogP contribution in [0.5, 0.6) is 0 Å². The lowest BCUT2D eigenvalue weighted by Crippen LogP contribution is -2.48. The number of benzene rings is 2. The molecule has 172 valence electrons. The summed E-state index contributed by atoms with van der Waals surface area (Å²) in [6.07, 6.45) is 1.74. The van der Waals surface area contributed by atoms with E-state index in [2.05, 4.69) is 15.7 Å². The topological polar surface area (TPSA) is 79.3 Å². The molecule has 1 aliphatic heterocycles. The van der Waals surface area contributed by atoms with Crippen molar-refractivity contribution in [1.29, 1.82) is 0 Å². The Morgan fingerprint density at radius 2 is 1.70 bits per heavy atom. The Hall–Kier alpha value is -3.32. The largest absolute Gasteiger partial charge is 0.353 e. The number of para-hydroxylation sites is 1. The van der Waals surface area contributed by atoms with Crippen LogP contribution in [0.3, 0.4) is 0 Å². The molecule has 0 unspecified atom stereocenters. The SMILES string of the molecule is Cc1nn(-c2ccc(Cl)cc2)c(C)c1CC(=O)NC1CCN(C(=O)Nc2ccccc2)CC1. The maximum absolute atomic E-state index is 12.8. The van der Waals surface area contributed by atoms with Crippen LogP contribution in [0, 0.1) is 13.8 Å². The lowest BCUT2D eigenvalue weighted by Gasteiger charge is -2.32. The Labute approximate surface area is 198 Å². The predicted octanol–water partition coefficient (Wildman–Crippen LogP) is 4.50. The number of carbonyl (C=O) groups excluding carboxylic acids is 2. The molecular formula is C25H28ClN5O2. The van der Waals surface area contributed by atoms with Gasteiger partial charge in [-0.05, 0) is 63.1 Å². The van der Waals surface area contributed by atoms with E-state index < -0.39 is 0 Å². The van der Waals surface area contributed by atoms with Gasteiger partial charge in [-0.15, -0.1) is 0 Å². The van der Waals surface area contributed by atoms with Crippen LogP contribution in [-0.4, -0.2) is 45.8 Å².